The van der Waals surface area contributed by atoms with Crippen molar-refractivity contribution in [2.24, 2.45) is 11.8 Å². The Balaban J connectivity index is 3.01. The van der Waals surface area contributed by atoms with Gasteiger partial charge in [0.1, 0.15) is 0 Å². The lowest BCUT2D eigenvalue weighted by Crippen LogP contribution is -2.33. The van der Waals surface area contributed by atoms with Crippen molar-refractivity contribution in [1.29, 1.82) is 0 Å². The van der Waals surface area contributed by atoms with E-state index in [4.69, 9.17) is 0 Å². The monoisotopic (exact) mass is 252 g/mol. The van der Waals surface area contributed by atoms with Gasteiger partial charge >= 0.3 is 5.97 Å². The second kappa shape index (κ2) is 5.27. The molecule has 1 aliphatic carbocycles. The molecule has 0 spiro atoms. The molecule has 0 aromatic heterocycles. The lowest BCUT2D eigenvalue weighted by atomic mass is 9.79. The number of carboxylic acid groups (broad SMARTS) is 1. The maximum absolute atomic E-state index is 11.3. The van der Waals surface area contributed by atoms with Crippen LogP contribution in [-0.2, 0) is 4.79 Å². The van der Waals surface area contributed by atoms with E-state index in [1.807, 2.05) is 27.7 Å². The third-order valence-electron chi connectivity index (χ3n) is 4.16. The highest BCUT2D eigenvalue weighted by Crippen LogP contribution is 2.46. The van der Waals surface area contributed by atoms with Crippen LogP contribution >= 0.6 is 0 Å². The summed E-state index contributed by atoms with van der Waals surface area (Å²) < 4.78 is 0. The summed E-state index contributed by atoms with van der Waals surface area (Å²) in [4.78, 5) is 11.3. The number of hydrogen-bond donors (Lipinski definition) is 2. The van der Waals surface area contributed by atoms with E-state index in [1.54, 1.807) is 0 Å². The highest BCUT2D eigenvalue weighted by Gasteiger charge is 2.44. The summed E-state index contributed by atoms with van der Waals surface area (Å²) in [5.74, 6) is -0.706. The molecule has 0 aromatic rings. The summed E-state index contributed by atoms with van der Waals surface area (Å²) in [7, 11) is 0. The number of carbonyl (C=O) groups is 1. The Morgan fingerprint density at radius 3 is 2.33 bits per heavy atom. The van der Waals surface area contributed by atoms with Crippen molar-refractivity contribution < 1.29 is 15.0 Å². The molecule has 1 saturated carbocycles. The van der Waals surface area contributed by atoms with Crippen LogP contribution in [-0.4, -0.2) is 21.8 Å². The highest BCUT2D eigenvalue weighted by molar-refractivity contribution is 5.87. The summed E-state index contributed by atoms with van der Waals surface area (Å²) in [6.45, 7) is 11.4. The van der Waals surface area contributed by atoms with Crippen LogP contribution in [0.5, 0.6) is 0 Å². The Hall–Kier alpha value is -1.09. The molecule has 3 heteroatoms. The predicted octanol–water partition coefficient (Wildman–Crippen LogP) is 3.15. The zero-order chi connectivity index (χ0) is 14.1. The van der Waals surface area contributed by atoms with Gasteiger partial charge in [0.15, 0.2) is 0 Å². The summed E-state index contributed by atoms with van der Waals surface area (Å²) in [5, 5.41) is 19.7. The Morgan fingerprint density at radius 2 is 1.94 bits per heavy atom. The van der Waals surface area contributed by atoms with E-state index in [0.29, 0.717) is 18.4 Å². The minimum Gasteiger partial charge on any atom is -0.478 e. The van der Waals surface area contributed by atoms with Crippen LogP contribution in [0.1, 0.15) is 47.0 Å². The van der Waals surface area contributed by atoms with Gasteiger partial charge in [0.05, 0.1) is 5.60 Å². The first kappa shape index (κ1) is 15.0. The van der Waals surface area contributed by atoms with Gasteiger partial charge in [-0.05, 0) is 58.8 Å². The van der Waals surface area contributed by atoms with Crippen molar-refractivity contribution in [2.45, 2.75) is 52.6 Å². The van der Waals surface area contributed by atoms with Crippen LogP contribution in [0, 0.1) is 11.8 Å². The smallest absolute Gasteiger partial charge is 0.331 e. The largest absolute Gasteiger partial charge is 0.478 e. The Labute approximate surface area is 109 Å². The summed E-state index contributed by atoms with van der Waals surface area (Å²) >= 11 is 0. The molecule has 0 aliphatic heterocycles. The number of hydrogen-bond acceptors (Lipinski definition) is 2. The van der Waals surface area contributed by atoms with Crippen LogP contribution < -0.4 is 0 Å². The number of aliphatic hydroxyl groups is 1. The van der Waals surface area contributed by atoms with Gasteiger partial charge in [-0.3, -0.25) is 0 Å². The highest BCUT2D eigenvalue weighted by atomic mass is 16.4. The Kier molecular flexibility index (Phi) is 4.38. The van der Waals surface area contributed by atoms with Crippen LogP contribution in [0.15, 0.2) is 23.3 Å². The van der Waals surface area contributed by atoms with Gasteiger partial charge < -0.3 is 10.2 Å². The van der Waals surface area contributed by atoms with Crippen molar-refractivity contribution in [1.82, 2.24) is 0 Å². The first-order valence-electron chi connectivity index (χ1n) is 6.44. The minimum absolute atomic E-state index is 0.0454. The average molecular weight is 252 g/mol. The standard InChI is InChI=1S/C15H24O3/c1-9(2)11-6-7-15(5,18)13(11)8-12(10(3)4)14(16)17/h11,13,18H,1,6-8H2,2-5H3,(H,16,17)/t11-,13+,15+/m1/s1. The molecule has 0 aromatic carbocycles. The zero-order valence-corrected chi connectivity index (χ0v) is 11.8. The molecule has 3 nitrogen and oxygen atoms in total. The van der Waals surface area contributed by atoms with E-state index in [0.717, 1.165) is 17.6 Å². The fourth-order valence-electron chi connectivity index (χ4n) is 2.94. The van der Waals surface area contributed by atoms with E-state index in [-0.39, 0.29) is 11.8 Å². The van der Waals surface area contributed by atoms with Crippen molar-refractivity contribution in [2.75, 3.05) is 0 Å². The molecule has 3 atom stereocenters. The lowest BCUT2D eigenvalue weighted by Gasteiger charge is -2.30. The molecular formula is C15H24O3. The van der Waals surface area contributed by atoms with Gasteiger partial charge in [-0.25, -0.2) is 4.79 Å². The second-order valence-electron chi connectivity index (χ2n) is 5.94. The normalized spacial score (nSPS) is 31.2. The van der Waals surface area contributed by atoms with Crippen molar-refractivity contribution >= 4 is 5.97 Å². The van der Waals surface area contributed by atoms with Gasteiger partial charge in [-0.1, -0.05) is 17.7 Å². The van der Waals surface area contributed by atoms with Gasteiger partial charge in [0, 0.05) is 5.57 Å². The van der Waals surface area contributed by atoms with Crippen LogP contribution in [0.25, 0.3) is 0 Å². The number of allylic oxidation sites excluding steroid dienone is 2. The molecule has 0 heterocycles. The molecule has 0 amide bonds. The zero-order valence-electron chi connectivity index (χ0n) is 11.8. The van der Waals surface area contributed by atoms with Crippen molar-refractivity contribution in [3.63, 3.8) is 0 Å². The lowest BCUT2D eigenvalue weighted by molar-refractivity contribution is -0.133. The molecule has 2 N–H and O–H groups in total. The summed E-state index contributed by atoms with van der Waals surface area (Å²) in [6, 6.07) is 0. The van der Waals surface area contributed by atoms with Gasteiger partial charge in [0.25, 0.3) is 0 Å². The molecular weight excluding hydrogens is 228 g/mol. The third kappa shape index (κ3) is 3.02. The third-order valence-corrected chi connectivity index (χ3v) is 4.16. The SMILES string of the molecule is C=C(C)[C@H]1CC[C@](C)(O)[C@H]1CC(C(=O)O)=C(C)C. The molecule has 0 radical (unpaired) electrons. The predicted molar refractivity (Wildman–Crippen MR) is 72.3 cm³/mol. The fourth-order valence-corrected chi connectivity index (χ4v) is 2.94. The Bertz CT molecular complexity index is 387. The number of aliphatic carboxylic acids is 1. The first-order valence-corrected chi connectivity index (χ1v) is 6.44. The van der Waals surface area contributed by atoms with Gasteiger partial charge in [0.2, 0.25) is 0 Å². The number of rotatable bonds is 4. The molecule has 0 saturated heterocycles. The van der Waals surface area contributed by atoms with Gasteiger partial charge in [-0.2, -0.15) is 0 Å². The van der Waals surface area contributed by atoms with Crippen molar-refractivity contribution in [3.05, 3.63) is 23.3 Å². The van der Waals surface area contributed by atoms with E-state index in [9.17, 15) is 15.0 Å². The molecule has 1 fully saturated rings. The van der Waals surface area contributed by atoms with Crippen molar-refractivity contribution in [3.8, 4) is 0 Å². The van der Waals surface area contributed by atoms with Crippen LogP contribution in [0.3, 0.4) is 0 Å². The molecule has 18 heavy (non-hydrogen) atoms. The first-order chi connectivity index (χ1) is 8.16. The topological polar surface area (TPSA) is 57.5 Å². The van der Waals surface area contributed by atoms with Crippen LogP contribution in [0.2, 0.25) is 0 Å². The fraction of sp³-hybridized carbons (Fsp3) is 0.667. The molecule has 0 bridgehead atoms. The second-order valence-corrected chi connectivity index (χ2v) is 5.94. The molecule has 0 unspecified atom stereocenters. The quantitative estimate of drug-likeness (QED) is 0.597. The van der Waals surface area contributed by atoms with E-state index in [1.165, 1.54) is 0 Å². The molecule has 1 aliphatic rings. The maximum atomic E-state index is 11.3. The van der Waals surface area contributed by atoms with E-state index in [2.05, 4.69) is 6.58 Å². The van der Waals surface area contributed by atoms with Crippen LogP contribution in [0.4, 0.5) is 0 Å². The average Bonchev–Trinajstić information content (AvgIpc) is 2.49. The molecule has 102 valence electrons. The maximum Gasteiger partial charge on any atom is 0.331 e. The summed E-state index contributed by atoms with van der Waals surface area (Å²) in [6.07, 6.45) is 2.02. The molecule has 1 rings (SSSR count). The van der Waals surface area contributed by atoms with E-state index >= 15 is 0 Å². The summed E-state index contributed by atoms with van der Waals surface area (Å²) in [5.41, 5.74) is 1.48. The minimum atomic E-state index is -0.877. The van der Waals surface area contributed by atoms with E-state index < -0.39 is 11.6 Å². The number of carboxylic acids is 1. The van der Waals surface area contributed by atoms with Gasteiger partial charge in [-0.15, -0.1) is 0 Å². The Morgan fingerprint density at radius 1 is 1.39 bits per heavy atom.